The second kappa shape index (κ2) is 8.60. The number of nitrogens with zero attached hydrogens (tertiary/aromatic N) is 2. The van der Waals surface area contributed by atoms with E-state index in [-0.39, 0.29) is 0 Å². The highest BCUT2D eigenvalue weighted by Crippen LogP contribution is 2.11. The van der Waals surface area contributed by atoms with Crippen molar-refractivity contribution in [2.45, 2.75) is 65.2 Å². The predicted octanol–water partition coefficient (Wildman–Crippen LogP) is 3.86. The molecule has 0 aliphatic carbocycles. The van der Waals surface area contributed by atoms with E-state index in [2.05, 4.69) is 23.7 Å². The summed E-state index contributed by atoms with van der Waals surface area (Å²) in [5.41, 5.74) is 0. The van der Waals surface area contributed by atoms with Crippen LogP contribution in [-0.4, -0.2) is 30.4 Å². The van der Waals surface area contributed by atoms with Gasteiger partial charge in [0.05, 0.1) is 5.84 Å². The summed E-state index contributed by atoms with van der Waals surface area (Å²) in [4.78, 5) is 7.11. The maximum absolute atomic E-state index is 4.66. The van der Waals surface area contributed by atoms with Crippen molar-refractivity contribution in [3.8, 4) is 0 Å². The van der Waals surface area contributed by atoms with Crippen LogP contribution in [0.3, 0.4) is 0 Å². The lowest BCUT2D eigenvalue weighted by atomic mass is 10.1. The fourth-order valence-electron chi connectivity index (χ4n) is 2.34. The monoisotopic (exact) mass is 224 g/mol. The van der Waals surface area contributed by atoms with Gasteiger partial charge >= 0.3 is 0 Å². The van der Waals surface area contributed by atoms with Gasteiger partial charge < -0.3 is 4.90 Å². The van der Waals surface area contributed by atoms with Crippen LogP contribution in [0, 0.1) is 0 Å². The van der Waals surface area contributed by atoms with E-state index in [9.17, 15) is 0 Å². The largest absolute Gasteiger partial charge is 0.361 e. The average molecular weight is 224 g/mol. The Morgan fingerprint density at radius 3 is 2.56 bits per heavy atom. The molecule has 0 aromatic carbocycles. The van der Waals surface area contributed by atoms with Crippen LogP contribution >= 0.6 is 0 Å². The van der Waals surface area contributed by atoms with Crippen molar-refractivity contribution in [2.75, 3.05) is 19.6 Å². The lowest BCUT2D eigenvalue weighted by molar-refractivity contribution is 0.401. The molecule has 0 atom stereocenters. The molecule has 0 aromatic rings. The van der Waals surface area contributed by atoms with Crippen molar-refractivity contribution < 1.29 is 0 Å². The Morgan fingerprint density at radius 2 is 1.81 bits per heavy atom. The third kappa shape index (κ3) is 5.00. The summed E-state index contributed by atoms with van der Waals surface area (Å²) in [5, 5.41) is 0. The zero-order chi connectivity index (χ0) is 11.6. The van der Waals surface area contributed by atoms with Gasteiger partial charge in [-0.3, -0.25) is 4.99 Å². The van der Waals surface area contributed by atoms with E-state index >= 15 is 0 Å². The van der Waals surface area contributed by atoms with E-state index in [1.165, 1.54) is 63.7 Å². The van der Waals surface area contributed by atoms with Gasteiger partial charge in [0, 0.05) is 26.1 Å². The number of unbranched alkanes of at least 4 members (excludes halogenated alkanes) is 5. The molecule has 2 nitrogen and oxygen atoms in total. The molecule has 0 N–H and O–H groups in total. The molecule has 0 saturated heterocycles. The molecule has 2 heteroatoms. The highest BCUT2D eigenvalue weighted by atomic mass is 15.2. The minimum absolute atomic E-state index is 1.06. The Hall–Kier alpha value is -0.530. The van der Waals surface area contributed by atoms with Gasteiger partial charge in [0.2, 0.25) is 0 Å². The second-order valence-electron chi connectivity index (χ2n) is 4.75. The van der Waals surface area contributed by atoms with E-state index in [0.29, 0.717) is 0 Å². The Bertz CT molecular complexity index is 199. The smallest absolute Gasteiger partial charge is 0.0988 e. The summed E-state index contributed by atoms with van der Waals surface area (Å²) in [6, 6.07) is 0. The van der Waals surface area contributed by atoms with Crippen LogP contribution in [0.15, 0.2) is 4.99 Å². The first-order valence-corrected chi connectivity index (χ1v) is 7.16. The molecule has 0 unspecified atom stereocenters. The number of rotatable bonds is 8. The van der Waals surface area contributed by atoms with Crippen LogP contribution in [-0.2, 0) is 0 Å². The molecule has 0 spiro atoms. The van der Waals surface area contributed by atoms with Crippen LogP contribution in [0.2, 0.25) is 0 Å². The topological polar surface area (TPSA) is 15.6 Å². The van der Waals surface area contributed by atoms with Crippen LogP contribution in [0.25, 0.3) is 0 Å². The van der Waals surface area contributed by atoms with E-state index in [1.54, 1.807) is 0 Å². The Morgan fingerprint density at radius 1 is 1.06 bits per heavy atom. The summed E-state index contributed by atoms with van der Waals surface area (Å²) in [5.74, 6) is 1.38. The van der Waals surface area contributed by atoms with E-state index < -0.39 is 0 Å². The standard InChI is InChI=1S/C14H28N2/c1-3-5-6-7-8-9-11-14-15-12-10-13-16(14)4-2/h3-13H2,1-2H3. The van der Waals surface area contributed by atoms with Crippen molar-refractivity contribution in [3.05, 3.63) is 0 Å². The normalized spacial score (nSPS) is 16.4. The van der Waals surface area contributed by atoms with Gasteiger partial charge in [-0.1, -0.05) is 39.0 Å². The Kier molecular flexibility index (Phi) is 7.28. The molecule has 94 valence electrons. The summed E-state index contributed by atoms with van der Waals surface area (Å²) in [6.07, 6.45) is 10.7. The average Bonchev–Trinajstić information content (AvgIpc) is 2.34. The molecule has 16 heavy (non-hydrogen) atoms. The molecule has 0 saturated carbocycles. The van der Waals surface area contributed by atoms with E-state index in [4.69, 9.17) is 0 Å². The molecular weight excluding hydrogens is 196 g/mol. The number of amidine groups is 1. The summed E-state index contributed by atoms with van der Waals surface area (Å²) in [6.45, 7) is 7.93. The first kappa shape index (κ1) is 13.5. The molecule has 0 bridgehead atoms. The number of aliphatic imine (C=N–C) groups is 1. The van der Waals surface area contributed by atoms with Gasteiger partial charge in [0.1, 0.15) is 0 Å². The molecule has 0 aromatic heterocycles. The molecule has 1 aliphatic rings. The molecule has 1 heterocycles. The van der Waals surface area contributed by atoms with E-state index in [0.717, 1.165) is 13.1 Å². The van der Waals surface area contributed by atoms with Gasteiger partial charge in [0.25, 0.3) is 0 Å². The van der Waals surface area contributed by atoms with Crippen LogP contribution < -0.4 is 0 Å². The van der Waals surface area contributed by atoms with Gasteiger partial charge in [-0.15, -0.1) is 0 Å². The fourth-order valence-corrected chi connectivity index (χ4v) is 2.34. The fraction of sp³-hybridized carbons (Fsp3) is 0.929. The Labute approximate surface area is 101 Å². The molecule has 1 rings (SSSR count). The first-order chi connectivity index (χ1) is 7.88. The SMILES string of the molecule is CCCCCCCCC1=NCCCN1CC. The first-order valence-electron chi connectivity index (χ1n) is 7.16. The number of hydrogen-bond acceptors (Lipinski definition) is 2. The summed E-state index contributed by atoms with van der Waals surface area (Å²) < 4.78 is 0. The maximum atomic E-state index is 4.66. The van der Waals surface area contributed by atoms with Crippen LogP contribution in [0.1, 0.15) is 65.2 Å². The van der Waals surface area contributed by atoms with Crippen molar-refractivity contribution in [2.24, 2.45) is 4.99 Å². The minimum atomic E-state index is 1.06. The second-order valence-corrected chi connectivity index (χ2v) is 4.75. The van der Waals surface area contributed by atoms with E-state index in [1.807, 2.05) is 0 Å². The van der Waals surface area contributed by atoms with Crippen molar-refractivity contribution in [1.82, 2.24) is 4.90 Å². The number of hydrogen-bond donors (Lipinski definition) is 0. The van der Waals surface area contributed by atoms with Crippen LogP contribution in [0.4, 0.5) is 0 Å². The van der Waals surface area contributed by atoms with Crippen molar-refractivity contribution in [3.63, 3.8) is 0 Å². The lowest BCUT2D eigenvalue weighted by Gasteiger charge is -2.28. The molecule has 1 aliphatic heterocycles. The van der Waals surface area contributed by atoms with Gasteiger partial charge in [-0.25, -0.2) is 0 Å². The maximum Gasteiger partial charge on any atom is 0.0988 e. The zero-order valence-electron chi connectivity index (χ0n) is 11.2. The molecule has 0 amide bonds. The summed E-state index contributed by atoms with van der Waals surface area (Å²) >= 11 is 0. The van der Waals surface area contributed by atoms with Gasteiger partial charge in [0.15, 0.2) is 0 Å². The van der Waals surface area contributed by atoms with Crippen molar-refractivity contribution in [1.29, 1.82) is 0 Å². The quantitative estimate of drug-likeness (QED) is 0.572. The predicted molar refractivity (Wildman–Crippen MR) is 72.2 cm³/mol. The van der Waals surface area contributed by atoms with Crippen molar-refractivity contribution >= 4 is 5.84 Å². The van der Waals surface area contributed by atoms with Gasteiger partial charge in [-0.05, 0) is 19.8 Å². The van der Waals surface area contributed by atoms with Crippen LogP contribution in [0.5, 0.6) is 0 Å². The minimum Gasteiger partial charge on any atom is -0.361 e. The third-order valence-corrected chi connectivity index (χ3v) is 3.38. The highest BCUT2D eigenvalue weighted by molar-refractivity contribution is 5.82. The lowest BCUT2D eigenvalue weighted by Crippen LogP contribution is -2.35. The summed E-state index contributed by atoms with van der Waals surface area (Å²) in [7, 11) is 0. The molecule has 0 fully saturated rings. The van der Waals surface area contributed by atoms with Gasteiger partial charge in [-0.2, -0.15) is 0 Å². The highest BCUT2D eigenvalue weighted by Gasteiger charge is 2.12. The zero-order valence-corrected chi connectivity index (χ0v) is 11.2. The molecular formula is C14H28N2. The third-order valence-electron chi connectivity index (χ3n) is 3.38. The Balaban J connectivity index is 2.09. The molecule has 0 radical (unpaired) electrons.